The molecule has 1 saturated heterocycles. The van der Waals surface area contributed by atoms with Crippen molar-refractivity contribution in [3.05, 3.63) is 69.2 Å². The number of hydrogen-bond acceptors (Lipinski definition) is 4. The molecule has 0 N–H and O–H groups in total. The van der Waals surface area contributed by atoms with Crippen LogP contribution in [0.4, 0.5) is 0 Å². The summed E-state index contributed by atoms with van der Waals surface area (Å²) in [7, 11) is 0. The van der Waals surface area contributed by atoms with Gasteiger partial charge in [-0.2, -0.15) is 0 Å². The number of likely N-dealkylation sites (tertiary alicyclic amines) is 1. The van der Waals surface area contributed by atoms with Gasteiger partial charge in [0.05, 0.1) is 12.6 Å². The molecule has 25 heavy (non-hydrogen) atoms. The van der Waals surface area contributed by atoms with Crippen molar-refractivity contribution in [2.45, 2.75) is 19.4 Å². The Morgan fingerprint density at radius 2 is 2.16 bits per heavy atom. The maximum absolute atomic E-state index is 12.3. The van der Waals surface area contributed by atoms with Crippen LogP contribution in [0.25, 0.3) is 6.08 Å². The van der Waals surface area contributed by atoms with Gasteiger partial charge in [-0.1, -0.05) is 29.8 Å². The van der Waals surface area contributed by atoms with Gasteiger partial charge in [-0.15, -0.1) is 0 Å². The van der Waals surface area contributed by atoms with E-state index in [0.29, 0.717) is 36.0 Å². The van der Waals surface area contributed by atoms with E-state index in [0.717, 1.165) is 5.56 Å². The van der Waals surface area contributed by atoms with Crippen LogP contribution < -0.4 is 10.4 Å². The predicted molar refractivity (Wildman–Crippen MR) is 95.8 cm³/mol. The zero-order valence-electron chi connectivity index (χ0n) is 13.8. The van der Waals surface area contributed by atoms with Crippen LogP contribution in [0.2, 0.25) is 5.02 Å². The lowest BCUT2D eigenvalue weighted by Crippen LogP contribution is -2.29. The van der Waals surface area contributed by atoms with Crippen LogP contribution >= 0.6 is 11.6 Å². The zero-order valence-corrected chi connectivity index (χ0v) is 14.5. The van der Waals surface area contributed by atoms with Crippen LogP contribution in [-0.2, 0) is 4.79 Å². The van der Waals surface area contributed by atoms with Crippen LogP contribution in [0.1, 0.15) is 17.7 Å². The molecule has 3 rings (SSSR count). The molecule has 1 amide bonds. The van der Waals surface area contributed by atoms with Crippen molar-refractivity contribution in [3.8, 4) is 5.75 Å². The van der Waals surface area contributed by atoms with Crippen LogP contribution in [0.15, 0.2) is 51.7 Å². The number of carbonyl (C=O) groups is 1. The number of hydrogen-bond donors (Lipinski definition) is 0. The fraction of sp³-hybridized carbons (Fsp3) is 0.263. The molecule has 1 unspecified atom stereocenters. The largest absolute Gasteiger partial charge is 0.488 e. The van der Waals surface area contributed by atoms with Crippen molar-refractivity contribution >= 4 is 23.6 Å². The highest BCUT2D eigenvalue weighted by molar-refractivity contribution is 6.32. The summed E-state index contributed by atoms with van der Waals surface area (Å²) in [6.07, 6.45) is 3.80. The molecule has 2 aromatic rings. The highest BCUT2D eigenvalue weighted by Gasteiger charge is 2.26. The molecule has 0 saturated carbocycles. The number of benzene rings is 1. The molecular weight excluding hydrogens is 342 g/mol. The average molecular weight is 360 g/mol. The number of amides is 1. The molecular formula is C19H18ClNO4. The predicted octanol–water partition coefficient (Wildman–Crippen LogP) is 3.29. The minimum atomic E-state index is -0.441. The molecule has 1 aromatic heterocycles. The Labute approximate surface area is 150 Å². The topological polar surface area (TPSA) is 59.8 Å². The molecule has 1 fully saturated rings. The highest BCUT2D eigenvalue weighted by atomic mass is 35.5. The Morgan fingerprint density at radius 3 is 2.92 bits per heavy atom. The Balaban J connectivity index is 1.59. The maximum Gasteiger partial charge on any atom is 0.339 e. The van der Waals surface area contributed by atoms with E-state index in [1.807, 2.05) is 18.2 Å². The van der Waals surface area contributed by atoms with E-state index < -0.39 is 5.63 Å². The highest BCUT2D eigenvalue weighted by Crippen LogP contribution is 2.20. The van der Waals surface area contributed by atoms with Gasteiger partial charge in [0.2, 0.25) is 5.91 Å². The molecule has 0 bridgehead atoms. The molecule has 1 aliphatic heterocycles. The Kier molecular flexibility index (Phi) is 5.24. The van der Waals surface area contributed by atoms with Crippen LogP contribution in [0.3, 0.4) is 0 Å². The third-order valence-corrected chi connectivity index (χ3v) is 4.28. The van der Waals surface area contributed by atoms with Gasteiger partial charge in [0.15, 0.2) is 0 Å². The molecule has 130 valence electrons. The number of carbonyl (C=O) groups excluding carboxylic acids is 1. The number of ether oxygens (including phenoxy) is 1. The molecule has 0 radical (unpaired) electrons. The van der Waals surface area contributed by atoms with E-state index in [2.05, 4.69) is 0 Å². The number of aryl methyl sites for hydroxylation is 1. The lowest BCUT2D eigenvalue weighted by Gasteiger charge is -2.15. The normalized spacial score (nSPS) is 17.2. The lowest BCUT2D eigenvalue weighted by molar-refractivity contribution is -0.125. The van der Waals surface area contributed by atoms with Gasteiger partial charge in [-0.05, 0) is 24.6 Å². The summed E-state index contributed by atoms with van der Waals surface area (Å²) in [5, 5.41) is 0.604. The smallest absolute Gasteiger partial charge is 0.339 e. The summed E-state index contributed by atoms with van der Waals surface area (Å²) in [6, 6.07) is 10.3. The van der Waals surface area contributed by atoms with E-state index in [1.54, 1.807) is 30.0 Å². The molecule has 0 spiro atoms. The van der Waals surface area contributed by atoms with E-state index in [1.165, 1.54) is 12.1 Å². The first-order chi connectivity index (χ1) is 12.0. The zero-order chi connectivity index (χ0) is 17.8. The van der Waals surface area contributed by atoms with Crippen molar-refractivity contribution in [1.82, 2.24) is 4.90 Å². The van der Waals surface area contributed by atoms with Gasteiger partial charge in [0, 0.05) is 30.1 Å². The van der Waals surface area contributed by atoms with Crippen LogP contribution in [0, 0.1) is 6.92 Å². The SMILES string of the molecule is Cc1cc(OC2CCN(C(=O)/C=C/c3ccccc3Cl)C2)cc(=O)o1. The minimum Gasteiger partial charge on any atom is -0.488 e. The first kappa shape index (κ1) is 17.3. The molecule has 1 aliphatic rings. The van der Waals surface area contributed by atoms with Gasteiger partial charge >= 0.3 is 5.63 Å². The second-order valence-corrected chi connectivity index (χ2v) is 6.30. The minimum absolute atomic E-state index is 0.0882. The molecule has 2 heterocycles. The van der Waals surface area contributed by atoms with Gasteiger partial charge in [-0.25, -0.2) is 4.79 Å². The van der Waals surface area contributed by atoms with Crippen LogP contribution in [0.5, 0.6) is 5.75 Å². The second kappa shape index (κ2) is 7.57. The molecule has 0 aliphatic carbocycles. The van der Waals surface area contributed by atoms with E-state index in [4.69, 9.17) is 20.8 Å². The van der Waals surface area contributed by atoms with Crippen molar-refractivity contribution in [2.24, 2.45) is 0 Å². The van der Waals surface area contributed by atoms with Crippen molar-refractivity contribution in [2.75, 3.05) is 13.1 Å². The summed E-state index contributed by atoms with van der Waals surface area (Å²) in [5.74, 6) is 0.880. The third kappa shape index (κ3) is 4.51. The molecule has 1 atom stereocenters. The summed E-state index contributed by atoms with van der Waals surface area (Å²) in [5.41, 5.74) is 0.361. The number of halogens is 1. The maximum atomic E-state index is 12.3. The fourth-order valence-electron chi connectivity index (χ4n) is 2.74. The number of rotatable bonds is 4. The summed E-state index contributed by atoms with van der Waals surface area (Å²) in [6.45, 7) is 2.78. The molecule has 6 heteroatoms. The summed E-state index contributed by atoms with van der Waals surface area (Å²) in [4.78, 5) is 25.4. The summed E-state index contributed by atoms with van der Waals surface area (Å²) < 4.78 is 10.7. The quantitative estimate of drug-likeness (QED) is 0.786. The second-order valence-electron chi connectivity index (χ2n) is 5.89. The number of nitrogens with zero attached hydrogens (tertiary/aromatic N) is 1. The van der Waals surface area contributed by atoms with E-state index >= 15 is 0 Å². The van der Waals surface area contributed by atoms with Crippen molar-refractivity contribution in [3.63, 3.8) is 0 Å². The molecule has 5 nitrogen and oxygen atoms in total. The van der Waals surface area contributed by atoms with Crippen LogP contribution in [-0.4, -0.2) is 30.0 Å². The standard InChI is InChI=1S/C19H18ClNO4/c1-13-10-16(11-19(23)24-13)25-15-8-9-21(12-15)18(22)7-6-14-4-2-3-5-17(14)20/h2-7,10-11,15H,8-9,12H2,1H3/b7-6+. The average Bonchev–Trinajstić information content (AvgIpc) is 3.01. The van der Waals surface area contributed by atoms with Crippen molar-refractivity contribution < 1.29 is 13.9 Å². The Bertz CT molecular complexity index is 858. The third-order valence-electron chi connectivity index (χ3n) is 3.94. The summed E-state index contributed by atoms with van der Waals surface area (Å²) >= 11 is 6.08. The first-order valence-electron chi connectivity index (χ1n) is 8.01. The molecule has 1 aromatic carbocycles. The monoisotopic (exact) mass is 359 g/mol. The van der Waals surface area contributed by atoms with E-state index in [9.17, 15) is 9.59 Å². The Morgan fingerprint density at radius 1 is 1.36 bits per heavy atom. The first-order valence-corrected chi connectivity index (χ1v) is 8.39. The van der Waals surface area contributed by atoms with Gasteiger partial charge in [0.25, 0.3) is 0 Å². The fourth-order valence-corrected chi connectivity index (χ4v) is 2.94. The van der Waals surface area contributed by atoms with Gasteiger partial charge < -0.3 is 14.1 Å². The van der Waals surface area contributed by atoms with E-state index in [-0.39, 0.29) is 12.0 Å². The van der Waals surface area contributed by atoms with Gasteiger partial charge in [0.1, 0.15) is 17.6 Å². The lowest BCUT2D eigenvalue weighted by atomic mass is 10.2. The van der Waals surface area contributed by atoms with Gasteiger partial charge in [-0.3, -0.25) is 4.79 Å². The van der Waals surface area contributed by atoms with Crippen molar-refractivity contribution in [1.29, 1.82) is 0 Å². The Hall–Kier alpha value is -2.53.